The molecule has 1 unspecified atom stereocenters. The number of fused-ring (bicyclic) bond motifs is 1. The fourth-order valence-electron chi connectivity index (χ4n) is 2.67. The monoisotopic (exact) mass is 430 g/mol. The normalized spacial score (nSPS) is 12.6. The first kappa shape index (κ1) is 21.3. The van der Waals surface area contributed by atoms with Gasteiger partial charge in [-0.1, -0.05) is 24.3 Å². The molecule has 0 saturated heterocycles. The van der Waals surface area contributed by atoms with Crippen LogP contribution in [-0.2, 0) is 11.0 Å². The number of halogens is 6. The zero-order valence-electron chi connectivity index (χ0n) is 15.1. The van der Waals surface area contributed by atoms with Crippen molar-refractivity contribution in [2.75, 3.05) is 0 Å². The average molecular weight is 430 g/mol. The van der Waals surface area contributed by atoms with E-state index in [2.05, 4.69) is 0 Å². The van der Waals surface area contributed by atoms with Crippen LogP contribution < -0.4 is 9.47 Å². The molecule has 1 atom stereocenters. The number of rotatable bonds is 5. The van der Waals surface area contributed by atoms with Gasteiger partial charge in [-0.15, -0.1) is 0 Å². The van der Waals surface area contributed by atoms with Crippen LogP contribution in [0, 0.1) is 17.5 Å². The van der Waals surface area contributed by atoms with Crippen LogP contribution in [-0.4, -0.2) is 17.2 Å². The minimum atomic E-state index is -5.29. The SMILES string of the molecule is CC(Oc1cccc2c(Oc3c(F)cc(C(F)(F)F)c(F)c3F)cccc12)C(=O)O. The predicted octanol–water partition coefficient (Wildman–Crippen LogP) is 5.92. The Morgan fingerprint density at radius 1 is 0.967 bits per heavy atom. The summed E-state index contributed by atoms with van der Waals surface area (Å²) < 4.78 is 90.6. The number of aliphatic carboxylic acids is 1. The Balaban J connectivity index is 2.07. The highest BCUT2D eigenvalue weighted by atomic mass is 19.4. The van der Waals surface area contributed by atoms with Crippen molar-refractivity contribution >= 4 is 16.7 Å². The fraction of sp³-hybridized carbons (Fsp3) is 0.150. The fourth-order valence-corrected chi connectivity index (χ4v) is 2.67. The number of benzene rings is 3. The molecule has 0 amide bonds. The topological polar surface area (TPSA) is 55.8 Å². The summed E-state index contributed by atoms with van der Waals surface area (Å²) in [5.74, 6) is -8.85. The number of ether oxygens (including phenoxy) is 2. The standard InChI is InChI=1S/C20H12F6O4/c1-9(19(27)28)29-14-6-2-5-11-10(14)4-3-7-15(11)30-18-13(21)8-12(20(24,25)26)16(22)17(18)23/h2-9H,1H3,(H,27,28). The van der Waals surface area contributed by atoms with Gasteiger partial charge in [-0.2, -0.15) is 17.6 Å². The summed E-state index contributed by atoms with van der Waals surface area (Å²) in [6.45, 7) is 1.29. The summed E-state index contributed by atoms with van der Waals surface area (Å²) >= 11 is 0. The number of hydrogen-bond donors (Lipinski definition) is 1. The molecule has 3 aromatic carbocycles. The van der Waals surface area contributed by atoms with Gasteiger partial charge in [0.1, 0.15) is 11.5 Å². The third-order valence-electron chi connectivity index (χ3n) is 4.13. The van der Waals surface area contributed by atoms with Crippen molar-refractivity contribution < 1.29 is 45.7 Å². The maximum atomic E-state index is 14.1. The second-order valence-corrected chi connectivity index (χ2v) is 6.17. The Kier molecular flexibility index (Phi) is 5.51. The molecule has 0 fully saturated rings. The first-order chi connectivity index (χ1) is 14.0. The van der Waals surface area contributed by atoms with Crippen LogP contribution in [0.5, 0.6) is 17.2 Å². The number of carboxylic acids is 1. The maximum Gasteiger partial charge on any atom is 0.419 e. The van der Waals surface area contributed by atoms with Crippen LogP contribution >= 0.6 is 0 Å². The highest BCUT2D eigenvalue weighted by Gasteiger charge is 2.38. The maximum absolute atomic E-state index is 14.1. The molecule has 3 aromatic rings. The number of carboxylic acid groups (broad SMARTS) is 1. The third kappa shape index (κ3) is 3.98. The van der Waals surface area contributed by atoms with Crippen molar-refractivity contribution in [2.45, 2.75) is 19.2 Å². The summed E-state index contributed by atoms with van der Waals surface area (Å²) in [6.07, 6.45) is -6.50. The summed E-state index contributed by atoms with van der Waals surface area (Å²) in [4.78, 5) is 11.0. The van der Waals surface area contributed by atoms with E-state index in [9.17, 15) is 31.1 Å². The van der Waals surface area contributed by atoms with Crippen LogP contribution in [0.4, 0.5) is 26.3 Å². The van der Waals surface area contributed by atoms with Gasteiger partial charge < -0.3 is 14.6 Å². The van der Waals surface area contributed by atoms with E-state index in [1.165, 1.54) is 43.3 Å². The smallest absolute Gasteiger partial charge is 0.419 e. The zero-order valence-corrected chi connectivity index (χ0v) is 15.1. The van der Waals surface area contributed by atoms with Crippen LogP contribution in [0.3, 0.4) is 0 Å². The van der Waals surface area contributed by atoms with Gasteiger partial charge in [-0.05, 0) is 25.1 Å². The number of carbonyl (C=O) groups is 1. The molecule has 0 radical (unpaired) electrons. The molecular weight excluding hydrogens is 418 g/mol. The van der Waals surface area contributed by atoms with Crippen LogP contribution in [0.2, 0.25) is 0 Å². The van der Waals surface area contributed by atoms with E-state index in [4.69, 9.17) is 14.6 Å². The molecule has 1 N–H and O–H groups in total. The van der Waals surface area contributed by atoms with Crippen molar-refractivity contribution in [1.82, 2.24) is 0 Å². The molecule has 0 aliphatic rings. The minimum absolute atomic E-state index is 0.118. The van der Waals surface area contributed by atoms with Gasteiger partial charge in [0.25, 0.3) is 0 Å². The Morgan fingerprint density at radius 2 is 1.53 bits per heavy atom. The summed E-state index contributed by atoms with van der Waals surface area (Å²) in [5, 5.41) is 9.49. The predicted molar refractivity (Wildman–Crippen MR) is 93.1 cm³/mol. The van der Waals surface area contributed by atoms with Gasteiger partial charge in [-0.3, -0.25) is 0 Å². The molecule has 0 aliphatic heterocycles. The Bertz CT molecular complexity index is 1130. The Hall–Kier alpha value is -3.43. The summed E-state index contributed by atoms with van der Waals surface area (Å²) in [7, 11) is 0. The molecule has 3 rings (SSSR count). The molecule has 0 heterocycles. The first-order valence-corrected chi connectivity index (χ1v) is 8.34. The lowest BCUT2D eigenvalue weighted by atomic mass is 10.1. The molecule has 30 heavy (non-hydrogen) atoms. The lowest BCUT2D eigenvalue weighted by molar-refractivity contribution is -0.144. The van der Waals surface area contributed by atoms with E-state index >= 15 is 0 Å². The van der Waals surface area contributed by atoms with E-state index in [0.29, 0.717) is 5.39 Å². The van der Waals surface area contributed by atoms with Gasteiger partial charge in [0.15, 0.2) is 17.7 Å². The van der Waals surface area contributed by atoms with Crippen LogP contribution in [0.1, 0.15) is 12.5 Å². The van der Waals surface area contributed by atoms with Crippen LogP contribution in [0.25, 0.3) is 10.8 Å². The molecule has 0 aliphatic carbocycles. The first-order valence-electron chi connectivity index (χ1n) is 8.34. The minimum Gasteiger partial charge on any atom is -0.479 e. The van der Waals surface area contributed by atoms with Gasteiger partial charge in [-0.25, -0.2) is 13.6 Å². The Morgan fingerprint density at radius 3 is 2.10 bits per heavy atom. The van der Waals surface area contributed by atoms with Gasteiger partial charge in [0, 0.05) is 10.8 Å². The molecule has 0 aromatic heterocycles. The molecule has 10 heteroatoms. The van der Waals surface area contributed by atoms with Crippen molar-refractivity contribution in [2.24, 2.45) is 0 Å². The van der Waals surface area contributed by atoms with Gasteiger partial charge in [0.2, 0.25) is 11.6 Å². The largest absolute Gasteiger partial charge is 0.479 e. The molecule has 4 nitrogen and oxygen atoms in total. The van der Waals surface area contributed by atoms with E-state index < -0.39 is 47.0 Å². The summed E-state index contributed by atoms with van der Waals surface area (Å²) in [6, 6.07) is 8.28. The second kappa shape index (κ2) is 7.77. The lowest BCUT2D eigenvalue weighted by Crippen LogP contribution is -2.22. The average Bonchev–Trinajstić information content (AvgIpc) is 2.67. The molecule has 0 spiro atoms. The molecule has 0 bridgehead atoms. The second-order valence-electron chi connectivity index (χ2n) is 6.17. The van der Waals surface area contributed by atoms with Gasteiger partial charge >= 0.3 is 12.1 Å². The third-order valence-corrected chi connectivity index (χ3v) is 4.13. The highest BCUT2D eigenvalue weighted by Crippen LogP contribution is 2.40. The van der Waals surface area contributed by atoms with Crippen molar-refractivity contribution in [3.8, 4) is 17.2 Å². The van der Waals surface area contributed by atoms with E-state index in [-0.39, 0.29) is 23.0 Å². The van der Waals surface area contributed by atoms with Gasteiger partial charge in [0.05, 0.1) is 5.56 Å². The number of hydrogen-bond acceptors (Lipinski definition) is 3. The summed E-state index contributed by atoms with van der Waals surface area (Å²) in [5.41, 5.74) is -2.10. The lowest BCUT2D eigenvalue weighted by Gasteiger charge is -2.16. The highest BCUT2D eigenvalue weighted by molar-refractivity contribution is 5.93. The van der Waals surface area contributed by atoms with E-state index in [1.54, 1.807) is 0 Å². The Labute approximate surface area is 165 Å². The van der Waals surface area contributed by atoms with E-state index in [0.717, 1.165) is 0 Å². The molecular formula is C20H12F6O4. The number of alkyl halides is 3. The van der Waals surface area contributed by atoms with E-state index in [1.807, 2.05) is 0 Å². The van der Waals surface area contributed by atoms with Crippen LogP contribution in [0.15, 0.2) is 42.5 Å². The van der Waals surface area contributed by atoms with Crippen molar-refractivity contribution in [1.29, 1.82) is 0 Å². The quantitative estimate of drug-likeness (QED) is 0.403. The van der Waals surface area contributed by atoms with Crippen molar-refractivity contribution in [3.05, 3.63) is 65.5 Å². The zero-order chi connectivity index (χ0) is 22.2. The van der Waals surface area contributed by atoms with Crippen molar-refractivity contribution in [3.63, 3.8) is 0 Å². The molecule has 0 saturated carbocycles. The molecule has 158 valence electrons.